The van der Waals surface area contributed by atoms with Crippen LogP contribution in [0.25, 0.3) is 11.0 Å². The van der Waals surface area contributed by atoms with Crippen LogP contribution in [0.5, 0.6) is 0 Å². The summed E-state index contributed by atoms with van der Waals surface area (Å²) in [7, 11) is 1.26. The van der Waals surface area contributed by atoms with Gasteiger partial charge in [0.25, 0.3) is 0 Å². The average Bonchev–Trinajstić information content (AvgIpc) is 2.98. The average molecular weight is 341 g/mol. The van der Waals surface area contributed by atoms with Crippen LogP contribution in [0.4, 0.5) is 5.69 Å². The van der Waals surface area contributed by atoms with Gasteiger partial charge in [-0.1, -0.05) is 0 Å². The number of rotatable bonds is 5. The number of carbonyl (C=O) groups excluding carboxylic acids is 1. The lowest BCUT2D eigenvalue weighted by Crippen LogP contribution is -2.11. The summed E-state index contributed by atoms with van der Waals surface area (Å²) >= 11 is 0. The van der Waals surface area contributed by atoms with Crippen molar-refractivity contribution in [1.82, 2.24) is 9.97 Å². The lowest BCUT2D eigenvalue weighted by molar-refractivity contribution is 0.0597. The van der Waals surface area contributed by atoms with Gasteiger partial charge in [0.05, 0.1) is 29.3 Å². The predicted octanol–water partition coefficient (Wildman–Crippen LogP) is 1.95. The highest BCUT2D eigenvalue weighted by atomic mass is 16.5. The van der Waals surface area contributed by atoms with E-state index in [-0.39, 0.29) is 23.4 Å². The molecule has 4 N–H and O–H groups in total. The highest BCUT2D eigenvalue weighted by molar-refractivity contribution is 5.94. The van der Waals surface area contributed by atoms with E-state index in [1.807, 2.05) is 0 Å². The zero-order chi connectivity index (χ0) is 18.0. The lowest BCUT2D eigenvalue weighted by Gasteiger charge is -2.11. The second-order valence-electron chi connectivity index (χ2n) is 5.36. The first-order valence-electron chi connectivity index (χ1n) is 7.38. The highest BCUT2D eigenvalue weighted by Crippen LogP contribution is 2.18. The normalized spacial score (nSPS) is 10.6. The Morgan fingerprint density at radius 2 is 1.88 bits per heavy atom. The van der Waals surface area contributed by atoms with Crippen LogP contribution in [0.1, 0.15) is 26.3 Å². The zero-order valence-electron chi connectivity index (χ0n) is 13.3. The summed E-state index contributed by atoms with van der Waals surface area (Å²) in [6.07, 6.45) is 0. The fraction of sp³-hybridized carbons (Fsp3) is 0.118. The molecule has 8 nitrogen and oxygen atoms in total. The molecule has 1 aromatic heterocycles. The molecule has 3 aromatic rings. The van der Waals surface area contributed by atoms with Gasteiger partial charge in [-0.2, -0.15) is 0 Å². The molecule has 0 saturated carbocycles. The number of aromatic nitrogens is 2. The van der Waals surface area contributed by atoms with E-state index < -0.39 is 11.9 Å². The molecule has 0 radical (unpaired) electrons. The first-order chi connectivity index (χ1) is 12.0. The Balaban J connectivity index is 1.89. The van der Waals surface area contributed by atoms with E-state index in [2.05, 4.69) is 15.3 Å². The summed E-state index contributed by atoms with van der Waals surface area (Å²) in [5.41, 5.74) is 2.59. The number of methoxy groups -OCH3 is 1. The number of aromatic carboxylic acids is 1. The van der Waals surface area contributed by atoms with Crippen molar-refractivity contribution >= 4 is 28.7 Å². The summed E-state index contributed by atoms with van der Waals surface area (Å²) in [6, 6.07) is 9.47. The maximum atomic E-state index is 11.9. The van der Waals surface area contributed by atoms with E-state index in [9.17, 15) is 14.4 Å². The predicted molar refractivity (Wildman–Crippen MR) is 91.0 cm³/mol. The van der Waals surface area contributed by atoms with Gasteiger partial charge in [0.1, 0.15) is 0 Å². The first kappa shape index (κ1) is 16.3. The Bertz CT molecular complexity index is 1020. The van der Waals surface area contributed by atoms with Crippen molar-refractivity contribution in [3.63, 3.8) is 0 Å². The molecule has 25 heavy (non-hydrogen) atoms. The van der Waals surface area contributed by atoms with E-state index >= 15 is 0 Å². The first-order valence-corrected chi connectivity index (χ1v) is 7.38. The van der Waals surface area contributed by atoms with Gasteiger partial charge < -0.3 is 25.1 Å². The SMILES string of the molecule is COC(=O)c1ccc(C(=O)O)cc1CNc1ccc2[nH]c(=O)[nH]c2c1. The van der Waals surface area contributed by atoms with Crippen molar-refractivity contribution in [2.24, 2.45) is 0 Å². The van der Waals surface area contributed by atoms with Crippen LogP contribution in [-0.2, 0) is 11.3 Å². The van der Waals surface area contributed by atoms with Gasteiger partial charge in [0, 0.05) is 12.2 Å². The summed E-state index contributed by atoms with van der Waals surface area (Å²) in [4.78, 5) is 39.6. The van der Waals surface area contributed by atoms with Crippen molar-refractivity contribution < 1.29 is 19.4 Å². The highest BCUT2D eigenvalue weighted by Gasteiger charge is 2.14. The fourth-order valence-electron chi connectivity index (χ4n) is 2.52. The number of esters is 1. The molecule has 0 atom stereocenters. The van der Waals surface area contributed by atoms with E-state index in [0.717, 1.165) is 0 Å². The van der Waals surface area contributed by atoms with Crippen molar-refractivity contribution in [2.75, 3.05) is 12.4 Å². The number of benzene rings is 2. The van der Waals surface area contributed by atoms with Crippen LogP contribution in [0.2, 0.25) is 0 Å². The smallest absolute Gasteiger partial charge is 0.338 e. The molecule has 0 bridgehead atoms. The molecule has 0 aliphatic carbocycles. The number of carboxylic acid groups (broad SMARTS) is 1. The Kier molecular flexibility index (Phi) is 4.25. The molecule has 0 spiro atoms. The number of hydrogen-bond donors (Lipinski definition) is 4. The number of aromatic amines is 2. The van der Waals surface area contributed by atoms with Crippen molar-refractivity contribution in [3.8, 4) is 0 Å². The second kappa shape index (κ2) is 6.52. The number of H-pyrrole nitrogens is 2. The molecule has 0 fully saturated rings. The Hall–Kier alpha value is -3.55. The van der Waals surface area contributed by atoms with Crippen molar-refractivity contribution in [1.29, 1.82) is 0 Å². The zero-order valence-corrected chi connectivity index (χ0v) is 13.3. The van der Waals surface area contributed by atoms with E-state index in [1.165, 1.54) is 25.3 Å². The molecule has 0 aliphatic heterocycles. The number of carbonyl (C=O) groups is 2. The van der Waals surface area contributed by atoms with Gasteiger partial charge >= 0.3 is 17.6 Å². The van der Waals surface area contributed by atoms with Crippen molar-refractivity contribution in [3.05, 3.63) is 63.6 Å². The third-order valence-electron chi connectivity index (χ3n) is 3.76. The maximum Gasteiger partial charge on any atom is 0.338 e. The van der Waals surface area contributed by atoms with Crippen LogP contribution < -0.4 is 11.0 Å². The summed E-state index contributed by atoms with van der Waals surface area (Å²) in [5.74, 6) is -1.62. The molecule has 0 aliphatic rings. The number of carboxylic acids is 1. The molecular formula is C17H15N3O5. The molecule has 2 aromatic carbocycles. The number of imidazole rings is 1. The number of ether oxygens (including phenoxy) is 1. The standard InChI is InChI=1S/C17H15N3O5/c1-25-16(23)12-4-2-9(15(21)22)6-10(12)8-18-11-3-5-13-14(7-11)20-17(24)19-13/h2-7,18H,8H2,1H3,(H,21,22)(H2,19,20,24). The second-order valence-corrected chi connectivity index (χ2v) is 5.36. The van der Waals surface area contributed by atoms with Crippen LogP contribution in [0, 0.1) is 0 Å². The van der Waals surface area contributed by atoms with Crippen LogP contribution in [-0.4, -0.2) is 34.1 Å². The van der Waals surface area contributed by atoms with Crippen LogP contribution >= 0.6 is 0 Å². The molecule has 128 valence electrons. The molecule has 1 heterocycles. The lowest BCUT2D eigenvalue weighted by atomic mass is 10.0. The van der Waals surface area contributed by atoms with Gasteiger partial charge in [-0.25, -0.2) is 14.4 Å². The van der Waals surface area contributed by atoms with E-state index in [0.29, 0.717) is 22.3 Å². The maximum absolute atomic E-state index is 11.9. The molecule has 0 unspecified atom stereocenters. The number of anilines is 1. The Morgan fingerprint density at radius 3 is 2.60 bits per heavy atom. The van der Waals surface area contributed by atoms with Gasteiger partial charge in [-0.3, -0.25) is 0 Å². The van der Waals surface area contributed by atoms with E-state index in [4.69, 9.17) is 9.84 Å². The van der Waals surface area contributed by atoms with Gasteiger partial charge in [0.2, 0.25) is 0 Å². The van der Waals surface area contributed by atoms with Crippen LogP contribution in [0.3, 0.4) is 0 Å². The minimum Gasteiger partial charge on any atom is -0.478 e. The summed E-state index contributed by atoms with van der Waals surface area (Å²) < 4.78 is 4.73. The molecular weight excluding hydrogens is 326 g/mol. The third-order valence-corrected chi connectivity index (χ3v) is 3.76. The van der Waals surface area contributed by atoms with Crippen molar-refractivity contribution in [2.45, 2.75) is 6.54 Å². The van der Waals surface area contributed by atoms with Gasteiger partial charge in [-0.05, 0) is 42.0 Å². The topological polar surface area (TPSA) is 124 Å². The fourth-order valence-corrected chi connectivity index (χ4v) is 2.52. The number of fused-ring (bicyclic) bond motifs is 1. The quantitative estimate of drug-likeness (QED) is 0.526. The summed E-state index contributed by atoms with van der Waals surface area (Å²) in [6.45, 7) is 0.214. The monoisotopic (exact) mass is 341 g/mol. The number of nitrogens with one attached hydrogen (secondary N) is 3. The summed E-state index contributed by atoms with van der Waals surface area (Å²) in [5, 5.41) is 12.2. The Morgan fingerprint density at radius 1 is 1.12 bits per heavy atom. The molecule has 0 saturated heterocycles. The molecule has 8 heteroatoms. The minimum absolute atomic E-state index is 0.0786. The Labute approximate surface area is 141 Å². The van der Waals surface area contributed by atoms with Crippen LogP contribution in [0.15, 0.2) is 41.2 Å². The molecule has 0 amide bonds. The van der Waals surface area contributed by atoms with Gasteiger partial charge in [-0.15, -0.1) is 0 Å². The largest absolute Gasteiger partial charge is 0.478 e. The molecule has 3 rings (SSSR count). The van der Waals surface area contributed by atoms with Gasteiger partial charge in [0.15, 0.2) is 0 Å². The number of hydrogen-bond acceptors (Lipinski definition) is 5. The minimum atomic E-state index is -1.08. The van der Waals surface area contributed by atoms with E-state index in [1.54, 1.807) is 18.2 Å². The third kappa shape index (κ3) is 3.37.